The van der Waals surface area contributed by atoms with Gasteiger partial charge in [-0.15, -0.1) is 13.2 Å². The Morgan fingerprint density at radius 1 is 1.50 bits per heavy atom. The van der Waals surface area contributed by atoms with E-state index in [1.807, 2.05) is 0 Å². The molecule has 0 saturated heterocycles. The Kier molecular flexibility index (Phi) is 6.49. The number of carbonyl (C=O) groups is 1. The Labute approximate surface area is 135 Å². The van der Waals surface area contributed by atoms with Gasteiger partial charge in [-0.1, -0.05) is 15.9 Å². The van der Waals surface area contributed by atoms with Gasteiger partial charge in [0.25, 0.3) is 0 Å². The van der Waals surface area contributed by atoms with Crippen molar-refractivity contribution in [2.24, 2.45) is 0 Å². The quantitative estimate of drug-likeness (QED) is 0.287. The van der Waals surface area contributed by atoms with Gasteiger partial charge >= 0.3 is 12.3 Å². The summed E-state index contributed by atoms with van der Waals surface area (Å²) in [6.45, 7) is 1.76. The van der Waals surface area contributed by atoms with Crippen LogP contribution in [0, 0.1) is 3.70 Å². The summed E-state index contributed by atoms with van der Waals surface area (Å²) in [6.07, 6.45) is -3.99. The van der Waals surface area contributed by atoms with Crippen LogP contribution in [-0.4, -0.2) is 23.9 Å². The van der Waals surface area contributed by atoms with Gasteiger partial charge in [0.05, 0.1) is 13.0 Å². The smallest absolute Gasteiger partial charge is 0.466 e. The average molecular weight is 468 g/mol. The number of nitrogens with zero attached hydrogens (tertiary/aromatic N) is 1. The lowest BCUT2D eigenvalue weighted by molar-refractivity contribution is -0.275. The normalized spacial score (nSPS) is 11.3. The predicted molar refractivity (Wildman–Crippen MR) is 76.6 cm³/mol. The van der Waals surface area contributed by atoms with Crippen molar-refractivity contribution in [2.45, 2.75) is 25.0 Å². The second kappa shape index (κ2) is 7.43. The number of hydrogen-bond donors (Lipinski definition) is 0. The van der Waals surface area contributed by atoms with Crippen LogP contribution in [0.15, 0.2) is 6.20 Å². The Bertz CT molecular complexity index is 497. The molecule has 0 aliphatic rings. The Balaban J connectivity index is 3.18. The van der Waals surface area contributed by atoms with Crippen LogP contribution < -0.4 is 4.74 Å². The maximum atomic E-state index is 12.5. The van der Waals surface area contributed by atoms with Crippen LogP contribution >= 0.6 is 38.5 Å². The summed E-state index contributed by atoms with van der Waals surface area (Å²) in [7, 11) is 0. The number of aromatic nitrogens is 1. The molecule has 112 valence electrons. The summed E-state index contributed by atoms with van der Waals surface area (Å²) in [4.78, 5) is 15.4. The molecule has 0 bridgehead atoms. The summed E-state index contributed by atoms with van der Waals surface area (Å²) in [5.41, 5.74) is 0.278. The van der Waals surface area contributed by atoms with Gasteiger partial charge in [-0.2, -0.15) is 0 Å². The van der Waals surface area contributed by atoms with Crippen molar-refractivity contribution in [1.82, 2.24) is 4.98 Å². The molecule has 4 nitrogen and oxygen atoms in total. The molecule has 0 N–H and O–H groups in total. The number of ether oxygens (including phenoxy) is 2. The molecule has 0 saturated carbocycles. The molecule has 0 aliphatic carbocycles. The lowest BCUT2D eigenvalue weighted by Crippen LogP contribution is -2.21. The van der Waals surface area contributed by atoms with Crippen molar-refractivity contribution in [2.75, 3.05) is 6.61 Å². The van der Waals surface area contributed by atoms with Gasteiger partial charge in [-0.25, -0.2) is 4.98 Å². The van der Waals surface area contributed by atoms with Crippen molar-refractivity contribution >= 4 is 44.5 Å². The van der Waals surface area contributed by atoms with Crippen molar-refractivity contribution in [1.29, 1.82) is 0 Å². The minimum absolute atomic E-state index is 0.0376. The van der Waals surface area contributed by atoms with Gasteiger partial charge in [0.1, 0.15) is 9.45 Å². The number of esters is 1. The standard InChI is InChI=1S/C11H10BrF3INO3/c1-2-19-8(18)3-6-5-17-10(16)7(4-12)9(6)20-11(13,14)15/h5H,2-4H2,1H3. The van der Waals surface area contributed by atoms with E-state index in [1.54, 1.807) is 29.5 Å². The van der Waals surface area contributed by atoms with E-state index in [0.717, 1.165) is 0 Å². The van der Waals surface area contributed by atoms with E-state index in [1.165, 1.54) is 6.20 Å². The molecule has 0 aromatic carbocycles. The van der Waals surface area contributed by atoms with Gasteiger partial charge in [0.15, 0.2) is 0 Å². The Morgan fingerprint density at radius 3 is 2.65 bits per heavy atom. The van der Waals surface area contributed by atoms with Crippen molar-refractivity contribution < 1.29 is 27.4 Å². The Hall–Kier alpha value is -0.580. The molecule has 0 radical (unpaired) electrons. The third-order valence-corrected chi connectivity index (χ3v) is 3.63. The minimum atomic E-state index is -4.84. The summed E-state index contributed by atoms with van der Waals surface area (Å²) in [5, 5.41) is 0.125. The largest absolute Gasteiger partial charge is 0.573 e. The molecule has 9 heteroatoms. The summed E-state index contributed by atoms with van der Waals surface area (Å²) < 4.78 is 46.6. The lowest BCUT2D eigenvalue weighted by atomic mass is 10.1. The van der Waals surface area contributed by atoms with Crippen molar-refractivity contribution in [3.63, 3.8) is 0 Å². The maximum Gasteiger partial charge on any atom is 0.573 e. The first kappa shape index (κ1) is 17.5. The zero-order valence-corrected chi connectivity index (χ0v) is 14.0. The second-order valence-corrected chi connectivity index (χ2v) is 5.13. The number of carbonyl (C=O) groups excluding carboxylic acids is 1. The zero-order chi connectivity index (χ0) is 15.3. The fourth-order valence-electron chi connectivity index (χ4n) is 1.41. The predicted octanol–water partition coefficient (Wildman–Crippen LogP) is 3.59. The van der Waals surface area contributed by atoms with Gasteiger partial charge in [0, 0.05) is 22.7 Å². The molecule has 1 aromatic rings. The maximum absolute atomic E-state index is 12.5. The summed E-state index contributed by atoms with van der Waals surface area (Å²) in [6, 6.07) is 0. The van der Waals surface area contributed by atoms with E-state index in [2.05, 4.69) is 25.7 Å². The van der Waals surface area contributed by atoms with Gasteiger partial charge in [-0.3, -0.25) is 4.79 Å². The molecule has 0 spiro atoms. The van der Waals surface area contributed by atoms with E-state index < -0.39 is 18.1 Å². The first-order valence-electron chi connectivity index (χ1n) is 5.42. The van der Waals surface area contributed by atoms with E-state index in [4.69, 9.17) is 4.74 Å². The fraction of sp³-hybridized carbons (Fsp3) is 0.455. The average Bonchev–Trinajstić information content (AvgIpc) is 2.31. The number of pyridine rings is 1. The van der Waals surface area contributed by atoms with Gasteiger partial charge < -0.3 is 9.47 Å². The molecule has 0 amide bonds. The molecule has 0 unspecified atom stereocenters. The summed E-state index contributed by atoms with van der Waals surface area (Å²) in [5.74, 6) is -1.04. The second-order valence-electron chi connectivity index (χ2n) is 3.55. The molecule has 1 rings (SSSR count). The van der Waals surface area contributed by atoms with E-state index in [-0.39, 0.29) is 29.5 Å². The molecule has 0 fully saturated rings. The number of rotatable bonds is 5. The monoisotopic (exact) mass is 467 g/mol. The lowest BCUT2D eigenvalue weighted by Gasteiger charge is -2.16. The highest BCUT2D eigenvalue weighted by Crippen LogP contribution is 2.33. The first-order valence-corrected chi connectivity index (χ1v) is 7.62. The molecule has 1 aromatic heterocycles. The van der Waals surface area contributed by atoms with Crippen LogP contribution in [0.4, 0.5) is 13.2 Å². The Morgan fingerprint density at radius 2 is 2.15 bits per heavy atom. The number of hydrogen-bond acceptors (Lipinski definition) is 4. The third-order valence-electron chi connectivity index (χ3n) is 2.14. The zero-order valence-electron chi connectivity index (χ0n) is 10.3. The number of halogens is 5. The topological polar surface area (TPSA) is 48.4 Å². The molecular weight excluding hydrogens is 458 g/mol. The highest BCUT2D eigenvalue weighted by atomic mass is 127. The SMILES string of the molecule is CCOC(=O)Cc1cnc(I)c(CBr)c1OC(F)(F)F. The molecule has 1 heterocycles. The van der Waals surface area contributed by atoms with Crippen LogP contribution in [0.3, 0.4) is 0 Å². The summed E-state index contributed by atoms with van der Waals surface area (Å²) >= 11 is 4.89. The van der Waals surface area contributed by atoms with Crippen LogP contribution in [0.1, 0.15) is 18.1 Å². The van der Waals surface area contributed by atoms with Crippen LogP contribution in [0.25, 0.3) is 0 Å². The molecular formula is C11H10BrF3INO3. The first-order chi connectivity index (χ1) is 9.28. The van der Waals surface area contributed by atoms with Gasteiger partial charge in [-0.05, 0) is 29.5 Å². The highest BCUT2D eigenvalue weighted by Gasteiger charge is 2.34. The van der Waals surface area contributed by atoms with E-state index in [0.29, 0.717) is 3.70 Å². The van der Waals surface area contributed by atoms with Crippen molar-refractivity contribution in [3.05, 3.63) is 21.0 Å². The van der Waals surface area contributed by atoms with Crippen LogP contribution in [0.5, 0.6) is 5.75 Å². The molecule has 20 heavy (non-hydrogen) atoms. The van der Waals surface area contributed by atoms with Crippen LogP contribution in [-0.2, 0) is 21.3 Å². The highest BCUT2D eigenvalue weighted by molar-refractivity contribution is 14.1. The molecule has 0 atom stereocenters. The fourth-order valence-corrected chi connectivity index (χ4v) is 3.03. The minimum Gasteiger partial charge on any atom is -0.466 e. The van der Waals surface area contributed by atoms with E-state index >= 15 is 0 Å². The van der Waals surface area contributed by atoms with Crippen molar-refractivity contribution in [3.8, 4) is 5.75 Å². The number of alkyl halides is 4. The third kappa shape index (κ3) is 5.08. The van der Waals surface area contributed by atoms with E-state index in [9.17, 15) is 18.0 Å². The van der Waals surface area contributed by atoms with Gasteiger partial charge in [0.2, 0.25) is 0 Å². The molecule has 0 aliphatic heterocycles. The van der Waals surface area contributed by atoms with Crippen LogP contribution in [0.2, 0.25) is 0 Å².